The maximum absolute atomic E-state index is 12.1. The van der Waals surface area contributed by atoms with E-state index < -0.39 is 24.3 Å². The summed E-state index contributed by atoms with van der Waals surface area (Å²) >= 11 is 0. The van der Waals surface area contributed by atoms with Gasteiger partial charge in [0.15, 0.2) is 0 Å². The molecule has 1 unspecified atom stereocenters. The molecule has 2 rings (SSSR count). The monoisotopic (exact) mass is 334 g/mol. The number of hydrogen-bond donors (Lipinski definition) is 2. The van der Waals surface area contributed by atoms with Crippen LogP contribution in [0.4, 0.5) is 0 Å². The predicted molar refractivity (Wildman–Crippen MR) is 94.0 cm³/mol. The Morgan fingerprint density at radius 2 is 2.08 bits per heavy atom. The van der Waals surface area contributed by atoms with E-state index in [9.17, 15) is 15.0 Å². The van der Waals surface area contributed by atoms with Gasteiger partial charge in [0.05, 0.1) is 12.0 Å². The molecule has 1 aliphatic carbocycles. The standard InChI is InChI=1S/C20H30O4/c1-12(2)7-5-9-14(4)17-16(21)11-13(3)8-6-10-15-18(17)20(23)24-19(15)22/h7-8,10,14,16-18,20-21,23H,5-6,9,11H2,1-4H3/b13-8+,15-10+/t14-,16+,17?,18+,20+/m1/s1. The lowest BCUT2D eigenvalue weighted by molar-refractivity contribution is -0.159. The van der Waals surface area contributed by atoms with Gasteiger partial charge in [0.2, 0.25) is 6.29 Å². The Kier molecular flexibility index (Phi) is 6.41. The summed E-state index contributed by atoms with van der Waals surface area (Å²) < 4.78 is 5.06. The molecule has 4 nitrogen and oxygen atoms in total. The van der Waals surface area contributed by atoms with Crippen molar-refractivity contribution >= 4 is 5.97 Å². The minimum Gasteiger partial charge on any atom is -0.432 e. The van der Waals surface area contributed by atoms with Crippen LogP contribution in [0.3, 0.4) is 0 Å². The molecule has 0 saturated carbocycles. The first kappa shape index (κ1) is 18.9. The number of hydrogen-bond acceptors (Lipinski definition) is 4. The van der Waals surface area contributed by atoms with Gasteiger partial charge in [-0.3, -0.25) is 0 Å². The molecule has 0 radical (unpaired) electrons. The second kappa shape index (κ2) is 8.13. The second-order valence-corrected chi connectivity index (χ2v) is 7.45. The molecule has 134 valence electrons. The Morgan fingerprint density at radius 1 is 1.38 bits per heavy atom. The van der Waals surface area contributed by atoms with Crippen molar-refractivity contribution < 1.29 is 19.7 Å². The van der Waals surface area contributed by atoms with E-state index in [1.54, 1.807) is 0 Å². The SMILES string of the molecule is CC(C)=CCC[C@@H](C)C1[C@@H](O)C/C(C)=C/C/C=C2/C(=O)O[C@H](O)[C@@H]21. The molecule has 4 heteroatoms. The molecule has 2 aliphatic rings. The first-order valence-electron chi connectivity index (χ1n) is 8.87. The van der Waals surface area contributed by atoms with Crippen LogP contribution in [0.15, 0.2) is 34.9 Å². The van der Waals surface area contributed by atoms with Crippen LogP contribution < -0.4 is 0 Å². The number of carbonyl (C=O) groups is 1. The highest BCUT2D eigenvalue weighted by Gasteiger charge is 2.47. The van der Waals surface area contributed by atoms with E-state index in [0.29, 0.717) is 18.4 Å². The third-order valence-electron chi connectivity index (χ3n) is 5.16. The predicted octanol–water partition coefficient (Wildman–Crippen LogP) is 3.50. The Labute approximate surface area is 144 Å². The quantitative estimate of drug-likeness (QED) is 0.610. The number of cyclic esters (lactones) is 1. The van der Waals surface area contributed by atoms with Crippen molar-refractivity contribution in [2.45, 2.75) is 65.8 Å². The summed E-state index contributed by atoms with van der Waals surface area (Å²) in [7, 11) is 0. The number of ether oxygens (including phenoxy) is 1. The average molecular weight is 334 g/mol. The van der Waals surface area contributed by atoms with Crippen molar-refractivity contribution in [3.8, 4) is 0 Å². The molecular formula is C20H30O4. The van der Waals surface area contributed by atoms with Crippen LogP contribution in [0.5, 0.6) is 0 Å². The smallest absolute Gasteiger partial charge is 0.336 e. The molecular weight excluding hydrogens is 304 g/mol. The highest BCUT2D eigenvalue weighted by atomic mass is 16.6. The number of rotatable bonds is 4. The molecule has 1 fully saturated rings. The highest BCUT2D eigenvalue weighted by Crippen LogP contribution is 2.42. The third-order valence-corrected chi connectivity index (χ3v) is 5.16. The van der Waals surface area contributed by atoms with Gasteiger partial charge in [0.1, 0.15) is 0 Å². The van der Waals surface area contributed by atoms with Gasteiger partial charge in [-0.15, -0.1) is 0 Å². The number of carbonyl (C=O) groups excluding carboxylic acids is 1. The summed E-state index contributed by atoms with van der Waals surface area (Å²) in [6.45, 7) is 8.24. The molecule has 2 N–H and O–H groups in total. The van der Waals surface area contributed by atoms with Gasteiger partial charge in [0, 0.05) is 11.5 Å². The van der Waals surface area contributed by atoms with Crippen molar-refractivity contribution in [1.82, 2.24) is 0 Å². The minimum atomic E-state index is -1.16. The number of fused-ring (bicyclic) bond motifs is 1. The number of aliphatic hydroxyl groups excluding tert-OH is 2. The van der Waals surface area contributed by atoms with Crippen molar-refractivity contribution in [2.75, 3.05) is 0 Å². The zero-order valence-electron chi connectivity index (χ0n) is 15.2. The maximum Gasteiger partial charge on any atom is 0.336 e. The first-order chi connectivity index (χ1) is 11.3. The van der Waals surface area contributed by atoms with Crippen LogP contribution in [0, 0.1) is 17.8 Å². The number of allylic oxidation sites excluding steroid dienone is 4. The topological polar surface area (TPSA) is 66.8 Å². The molecule has 1 heterocycles. The molecule has 0 aromatic carbocycles. The Bertz CT molecular complexity index is 554. The van der Waals surface area contributed by atoms with Crippen molar-refractivity contribution in [3.63, 3.8) is 0 Å². The largest absolute Gasteiger partial charge is 0.432 e. The summed E-state index contributed by atoms with van der Waals surface area (Å²) in [5.41, 5.74) is 2.91. The van der Waals surface area contributed by atoms with E-state index in [1.807, 2.05) is 19.1 Å². The summed E-state index contributed by atoms with van der Waals surface area (Å²) in [6, 6.07) is 0. The number of esters is 1. The van der Waals surface area contributed by atoms with Gasteiger partial charge in [-0.2, -0.15) is 0 Å². The fourth-order valence-corrected chi connectivity index (χ4v) is 3.89. The molecule has 24 heavy (non-hydrogen) atoms. The minimum absolute atomic E-state index is 0.166. The lowest BCUT2D eigenvalue weighted by atomic mass is 9.73. The van der Waals surface area contributed by atoms with E-state index in [2.05, 4.69) is 26.8 Å². The summed E-state index contributed by atoms with van der Waals surface area (Å²) in [6.07, 6.45) is 7.33. The van der Waals surface area contributed by atoms with Crippen LogP contribution in [0.1, 0.15) is 53.4 Å². The van der Waals surface area contributed by atoms with Gasteiger partial charge < -0.3 is 14.9 Å². The second-order valence-electron chi connectivity index (χ2n) is 7.45. The normalized spacial score (nSPS) is 36.0. The summed E-state index contributed by atoms with van der Waals surface area (Å²) in [4.78, 5) is 12.1. The first-order valence-corrected chi connectivity index (χ1v) is 8.87. The Hall–Kier alpha value is -1.39. The van der Waals surface area contributed by atoms with Crippen LogP contribution in [0.25, 0.3) is 0 Å². The molecule has 0 aromatic rings. The van der Waals surface area contributed by atoms with Crippen LogP contribution in [-0.4, -0.2) is 28.6 Å². The lowest BCUT2D eigenvalue weighted by Gasteiger charge is -2.34. The molecule has 1 saturated heterocycles. The van der Waals surface area contributed by atoms with Crippen molar-refractivity contribution in [3.05, 3.63) is 34.9 Å². The van der Waals surface area contributed by atoms with Crippen LogP contribution in [0.2, 0.25) is 0 Å². The van der Waals surface area contributed by atoms with Crippen molar-refractivity contribution in [2.24, 2.45) is 17.8 Å². The van der Waals surface area contributed by atoms with E-state index >= 15 is 0 Å². The van der Waals surface area contributed by atoms with E-state index in [0.717, 1.165) is 18.4 Å². The van der Waals surface area contributed by atoms with Gasteiger partial charge >= 0.3 is 5.97 Å². The third kappa shape index (κ3) is 4.37. The zero-order chi connectivity index (χ0) is 17.9. The Balaban J connectivity index is 2.30. The van der Waals surface area contributed by atoms with Crippen LogP contribution >= 0.6 is 0 Å². The molecule has 5 atom stereocenters. The van der Waals surface area contributed by atoms with Gasteiger partial charge in [-0.05, 0) is 52.4 Å². The fraction of sp³-hybridized carbons (Fsp3) is 0.650. The van der Waals surface area contributed by atoms with Crippen molar-refractivity contribution in [1.29, 1.82) is 0 Å². The van der Waals surface area contributed by atoms with Gasteiger partial charge in [0.25, 0.3) is 0 Å². The molecule has 0 spiro atoms. The lowest BCUT2D eigenvalue weighted by Crippen LogP contribution is -2.38. The zero-order valence-corrected chi connectivity index (χ0v) is 15.2. The maximum atomic E-state index is 12.1. The number of aliphatic hydroxyl groups is 2. The van der Waals surface area contributed by atoms with E-state index in [1.165, 1.54) is 5.57 Å². The molecule has 0 amide bonds. The molecule has 0 bridgehead atoms. The van der Waals surface area contributed by atoms with Crippen LogP contribution in [-0.2, 0) is 9.53 Å². The summed E-state index contributed by atoms with van der Waals surface area (Å²) in [5.74, 6) is -0.939. The molecule has 1 aliphatic heterocycles. The fourth-order valence-electron chi connectivity index (χ4n) is 3.89. The summed E-state index contributed by atoms with van der Waals surface area (Å²) in [5, 5.41) is 21.1. The Morgan fingerprint density at radius 3 is 2.75 bits per heavy atom. The van der Waals surface area contributed by atoms with E-state index in [-0.39, 0.29) is 11.8 Å². The van der Waals surface area contributed by atoms with E-state index in [4.69, 9.17) is 4.74 Å². The van der Waals surface area contributed by atoms with Gasteiger partial charge in [-0.1, -0.05) is 36.3 Å². The van der Waals surface area contributed by atoms with Gasteiger partial charge in [-0.25, -0.2) is 4.79 Å². The highest BCUT2D eigenvalue weighted by molar-refractivity contribution is 5.91. The molecule has 0 aromatic heterocycles. The average Bonchev–Trinajstić information content (AvgIpc) is 2.76.